The molecule has 2 rings (SSSR count). The number of thioether (sulfide) groups is 1. The molecule has 0 radical (unpaired) electrons. The monoisotopic (exact) mass is 298 g/mol. The van der Waals surface area contributed by atoms with Gasteiger partial charge in [-0.1, -0.05) is 18.2 Å². The molecule has 1 amide bonds. The molecule has 6 nitrogen and oxygen atoms in total. The number of carbonyl (C=O) groups is 1. The topological polar surface area (TPSA) is 80.0 Å². The summed E-state index contributed by atoms with van der Waals surface area (Å²) in [5, 5.41) is 21.2. The number of rotatable bonds is 6. The van der Waals surface area contributed by atoms with Gasteiger partial charge in [0.1, 0.15) is 6.33 Å². The Hall–Kier alpha value is -1.08. The summed E-state index contributed by atoms with van der Waals surface area (Å²) >= 11 is 1.39. The van der Waals surface area contributed by atoms with E-state index >= 15 is 0 Å². The van der Waals surface area contributed by atoms with Gasteiger partial charge in [-0.15, -0.1) is 10.2 Å². The summed E-state index contributed by atoms with van der Waals surface area (Å²) in [7, 11) is 0. The molecule has 2 N–H and O–H groups in total. The third-order valence-electron chi connectivity index (χ3n) is 3.61. The van der Waals surface area contributed by atoms with Crippen molar-refractivity contribution in [1.82, 2.24) is 20.1 Å². The van der Waals surface area contributed by atoms with Crippen LogP contribution in [0, 0.1) is 5.92 Å². The minimum atomic E-state index is -0.257. The van der Waals surface area contributed by atoms with E-state index in [4.69, 9.17) is 0 Å². The van der Waals surface area contributed by atoms with E-state index in [1.54, 1.807) is 6.33 Å². The Balaban J connectivity index is 1.73. The molecule has 112 valence electrons. The molecule has 2 unspecified atom stereocenters. The number of aromatic nitrogens is 3. The highest BCUT2D eigenvalue weighted by Gasteiger charge is 2.25. The first-order valence-electron chi connectivity index (χ1n) is 7.05. The van der Waals surface area contributed by atoms with Crippen LogP contribution in [0.25, 0.3) is 0 Å². The van der Waals surface area contributed by atoms with Crippen molar-refractivity contribution in [2.24, 2.45) is 5.92 Å². The molecule has 0 aromatic carbocycles. The average molecular weight is 298 g/mol. The van der Waals surface area contributed by atoms with E-state index < -0.39 is 0 Å². The summed E-state index contributed by atoms with van der Waals surface area (Å²) in [6.45, 7) is 4.67. The van der Waals surface area contributed by atoms with Crippen molar-refractivity contribution in [1.29, 1.82) is 0 Å². The second kappa shape index (κ2) is 7.08. The van der Waals surface area contributed by atoms with E-state index in [-0.39, 0.29) is 24.0 Å². The SMILES string of the molecule is CC(C)n1cnnc1SCC(=O)NCC1CCCC1O. The van der Waals surface area contributed by atoms with Crippen LogP contribution in [0.3, 0.4) is 0 Å². The van der Waals surface area contributed by atoms with Crippen molar-refractivity contribution in [2.75, 3.05) is 12.3 Å². The lowest BCUT2D eigenvalue weighted by Gasteiger charge is -2.15. The van der Waals surface area contributed by atoms with Crippen molar-refractivity contribution in [3.63, 3.8) is 0 Å². The first kappa shape index (κ1) is 15.3. The number of carbonyl (C=O) groups excluding carboxylic acids is 1. The summed E-state index contributed by atoms with van der Waals surface area (Å²) < 4.78 is 1.94. The van der Waals surface area contributed by atoms with E-state index in [0.717, 1.165) is 24.4 Å². The summed E-state index contributed by atoms with van der Waals surface area (Å²) in [6.07, 6.45) is 4.32. The Kier molecular flexibility index (Phi) is 5.42. The van der Waals surface area contributed by atoms with Gasteiger partial charge >= 0.3 is 0 Å². The first-order valence-corrected chi connectivity index (χ1v) is 8.03. The summed E-state index contributed by atoms with van der Waals surface area (Å²) in [5.74, 6) is 0.518. The molecule has 1 aliphatic rings. The lowest BCUT2D eigenvalue weighted by Crippen LogP contribution is -2.33. The first-order chi connectivity index (χ1) is 9.58. The van der Waals surface area contributed by atoms with Gasteiger partial charge < -0.3 is 15.0 Å². The van der Waals surface area contributed by atoms with Crippen molar-refractivity contribution in [3.05, 3.63) is 6.33 Å². The molecular formula is C13H22N4O2S. The maximum Gasteiger partial charge on any atom is 0.230 e. The second-order valence-corrected chi connectivity index (χ2v) is 6.41. The summed E-state index contributed by atoms with van der Waals surface area (Å²) in [4.78, 5) is 11.8. The van der Waals surface area contributed by atoms with Crippen LogP contribution in [0.2, 0.25) is 0 Å². The third-order valence-corrected chi connectivity index (χ3v) is 4.57. The minimum absolute atomic E-state index is 0.0209. The Bertz CT molecular complexity index is 449. The average Bonchev–Trinajstić information content (AvgIpc) is 3.02. The van der Waals surface area contributed by atoms with Gasteiger partial charge in [-0.2, -0.15) is 0 Å². The van der Waals surface area contributed by atoms with Crippen LogP contribution >= 0.6 is 11.8 Å². The Labute approximate surface area is 123 Å². The maximum absolute atomic E-state index is 11.8. The highest BCUT2D eigenvalue weighted by Crippen LogP contribution is 2.24. The Morgan fingerprint density at radius 1 is 1.60 bits per heavy atom. The van der Waals surface area contributed by atoms with Crippen LogP contribution in [0.5, 0.6) is 0 Å². The molecule has 0 bridgehead atoms. The number of hydrogen-bond donors (Lipinski definition) is 2. The molecule has 20 heavy (non-hydrogen) atoms. The number of aliphatic hydroxyl groups excluding tert-OH is 1. The number of aliphatic hydroxyl groups is 1. The Morgan fingerprint density at radius 3 is 3.05 bits per heavy atom. The lowest BCUT2D eigenvalue weighted by atomic mass is 10.1. The van der Waals surface area contributed by atoms with E-state index in [2.05, 4.69) is 29.4 Å². The predicted molar refractivity (Wildman–Crippen MR) is 77.5 cm³/mol. The highest BCUT2D eigenvalue weighted by atomic mass is 32.2. The Morgan fingerprint density at radius 2 is 2.40 bits per heavy atom. The summed E-state index contributed by atoms with van der Waals surface area (Å²) in [5.41, 5.74) is 0. The minimum Gasteiger partial charge on any atom is -0.393 e. The van der Waals surface area contributed by atoms with Crippen LogP contribution in [-0.2, 0) is 4.79 Å². The molecule has 0 saturated heterocycles. The number of nitrogens with zero attached hydrogens (tertiary/aromatic N) is 3. The van der Waals surface area contributed by atoms with Crippen molar-refractivity contribution in [2.45, 2.75) is 50.4 Å². The van der Waals surface area contributed by atoms with E-state index in [0.29, 0.717) is 12.3 Å². The fraction of sp³-hybridized carbons (Fsp3) is 0.769. The molecule has 1 saturated carbocycles. The quantitative estimate of drug-likeness (QED) is 0.772. The van der Waals surface area contributed by atoms with Crippen molar-refractivity contribution in [3.8, 4) is 0 Å². The van der Waals surface area contributed by atoms with Crippen molar-refractivity contribution >= 4 is 17.7 Å². The molecule has 1 aromatic heterocycles. The van der Waals surface area contributed by atoms with Gasteiger partial charge in [0.25, 0.3) is 0 Å². The second-order valence-electron chi connectivity index (χ2n) is 5.47. The molecule has 1 heterocycles. The molecule has 0 spiro atoms. The van der Waals surface area contributed by atoms with Gasteiger partial charge in [0.15, 0.2) is 5.16 Å². The smallest absolute Gasteiger partial charge is 0.230 e. The van der Waals surface area contributed by atoms with Gasteiger partial charge in [-0.05, 0) is 26.7 Å². The van der Waals surface area contributed by atoms with Gasteiger partial charge in [-0.3, -0.25) is 4.79 Å². The number of nitrogens with one attached hydrogen (secondary N) is 1. The van der Waals surface area contributed by atoms with Gasteiger partial charge in [0, 0.05) is 18.5 Å². The zero-order valence-electron chi connectivity index (χ0n) is 12.0. The van der Waals surface area contributed by atoms with Gasteiger partial charge in [0.2, 0.25) is 5.91 Å². The largest absolute Gasteiger partial charge is 0.393 e. The lowest BCUT2D eigenvalue weighted by molar-refractivity contribution is -0.118. The van der Waals surface area contributed by atoms with E-state index in [9.17, 15) is 9.90 Å². The molecule has 1 aliphatic carbocycles. The molecular weight excluding hydrogens is 276 g/mol. The fourth-order valence-corrected chi connectivity index (χ4v) is 3.25. The molecule has 2 atom stereocenters. The molecule has 7 heteroatoms. The molecule has 0 aliphatic heterocycles. The summed E-state index contributed by atoms with van der Waals surface area (Å²) in [6, 6.07) is 0.282. The third kappa shape index (κ3) is 3.96. The van der Waals surface area contributed by atoms with Crippen LogP contribution < -0.4 is 5.32 Å². The standard InChI is InChI=1S/C13H22N4O2S/c1-9(2)17-8-15-16-13(17)20-7-12(19)14-6-10-4-3-5-11(10)18/h8-11,18H,3-7H2,1-2H3,(H,14,19). The molecule has 1 fully saturated rings. The predicted octanol–water partition coefficient (Wildman–Crippen LogP) is 1.23. The van der Waals surface area contributed by atoms with Crippen LogP contribution in [0.4, 0.5) is 0 Å². The van der Waals surface area contributed by atoms with Gasteiger partial charge in [-0.25, -0.2) is 0 Å². The van der Waals surface area contributed by atoms with E-state index in [1.807, 2.05) is 4.57 Å². The number of amides is 1. The van der Waals surface area contributed by atoms with Crippen molar-refractivity contribution < 1.29 is 9.90 Å². The van der Waals surface area contributed by atoms with Crippen LogP contribution in [-0.4, -0.2) is 44.2 Å². The van der Waals surface area contributed by atoms with E-state index in [1.165, 1.54) is 11.8 Å². The zero-order valence-corrected chi connectivity index (χ0v) is 12.8. The maximum atomic E-state index is 11.8. The van der Waals surface area contributed by atoms with Crippen LogP contribution in [0.1, 0.15) is 39.2 Å². The fourth-order valence-electron chi connectivity index (χ4n) is 2.37. The van der Waals surface area contributed by atoms with Crippen LogP contribution in [0.15, 0.2) is 11.5 Å². The zero-order chi connectivity index (χ0) is 14.5. The highest BCUT2D eigenvalue weighted by molar-refractivity contribution is 7.99. The molecule has 1 aromatic rings. The van der Waals surface area contributed by atoms with Gasteiger partial charge in [0.05, 0.1) is 11.9 Å². The normalized spacial score (nSPS) is 22.4. The number of hydrogen-bond acceptors (Lipinski definition) is 5.